The molecular formula is C20H22N4O2S. The molecule has 1 unspecified atom stereocenters. The number of benzene rings is 2. The first kappa shape index (κ1) is 19.0. The second-order valence-corrected chi connectivity index (χ2v) is 7.56. The highest BCUT2D eigenvalue weighted by Gasteiger charge is 2.19. The van der Waals surface area contributed by atoms with Crippen molar-refractivity contribution in [1.29, 1.82) is 0 Å². The molecule has 7 heteroatoms. The molecule has 1 amide bonds. The molecule has 3 rings (SSSR count). The molecule has 1 aromatic heterocycles. The van der Waals surface area contributed by atoms with Crippen molar-refractivity contribution in [1.82, 2.24) is 14.8 Å². The Balaban J connectivity index is 1.73. The summed E-state index contributed by atoms with van der Waals surface area (Å²) in [6, 6.07) is 13.5. The Morgan fingerprint density at radius 1 is 1.22 bits per heavy atom. The van der Waals surface area contributed by atoms with Crippen LogP contribution in [0.3, 0.4) is 0 Å². The lowest BCUT2D eigenvalue weighted by Crippen LogP contribution is -2.22. The van der Waals surface area contributed by atoms with Crippen molar-refractivity contribution >= 4 is 23.4 Å². The van der Waals surface area contributed by atoms with E-state index in [0.717, 1.165) is 11.3 Å². The SMILES string of the molecule is COc1cccc(NC(=O)C(C)Sc2nncn2-c2ccc(C)cc2C)c1. The Morgan fingerprint density at radius 3 is 2.78 bits per heavy atom. The lowest BCUT2D eigenvalue weighted by molar-refractivity contribution is -0.115. The van der Waals surface area contributed by atoms with Crippen molar-refractivity contribution in [2.45, 2.75) is 31.2 Å². The second kappa shape index (κ2) is 8.26. The topological polar surface area (TPSA) is 69.0 Å². The summed E-state index contributed by atoms with van der Waals surface area (Å²) in [5, 5.41) is 11.5. The highest BCUT2D eigenvalue weighted by molar-refractivity contribution is 8.00. The molecule has 0 bridgehead atoms. The van der Waals surface area contributed by atoms with E-state index in [-0.39, 0.29) is 11.2 Å². The van der Waals surface area contributed by atoms with Crippen LogP contribution in [0.15, 0.2) is 53.9 Å². The lowest BCUT2D eigenvalue weighted by atomic mass is 10.1. The summed E-state index contributed by atoms with van der Waals surface area (Å²) in [5.74, 6) is 0.589. The van der Waals surface area contributed by atoms with Gasteiger partial charge >= 0.3 is 0 Å². The quantitative estimate of drug-likeness (QED) is 0.652. The molecule has 0 fully saturated rings. The maximum absolute atomic E-state index is 12.6. The van der Waals surface area contributed by atoms with Crippen LogP contribution in [0, 0.1) is 13.8 Å². The first-order valence-electron chi connectivity index (χ1n) is 8.57. The molecule has 1 atom stereocenters. The third-order valence-corrected chi connectivity index (χ3v) is 5.17. The summed E-state index contributed by atoms with van der Waals surface area (Å²) < 4.78 is 7.10. The Kier molecular flexibility index (Phi) is 5.81. The molecule has 0 spiro atoms. The monoisotopic (exact) mass is 382 g/mol. The predicted octanol–water partition coefficient (Wildman–Crippen LogP) is 4.01. The Bertz CT molecular complexity index is 955. The highest BCUT2D eigenvalue weighted by Crippen LogP contribution is 2.27. The molecule has 0 saturated carbocycles. The first-order chi connectivity index (χ1) is 13.0. The average molecular weight is 382 g/mol. The van der Waals surface area contributed by atoms with E-state index in [1.807, 2.05) is 35.8 Å². The van der Waals surface area contributed by atoms with Crippen LogP contribution < -0.4 is 10.1 Å². The van der Waals surface area contributed by atoms with E-state index in [2.05, 4.69) is 41.5 Å². The van der Waals surface area contributed by atoms with E-state index in [0.29, 0.717) is 16.6 Å². The minimum absolute atomic E-state index is 0.108. The van der Waals surface area contributed by atoms with E-state index >= 15 is 0 Å². The van der Waals surface area contributed by atoms with Crippen LogP contribution in [0.5, 0.6) is 5.75 Å². The zero-order valence-corrected chi connectivity index (χ0v) is 16.6. The summed E-state index contributed by atoms with van der Waals surface area (Å²) in [7, 11) is 1.60. The van der Waals surface area contributed by atoms with Gasteiger partial charge in [0, 0.05) is 11.8 Å². The number of methoxy groups -OCH3 is 1. The second-order valence-electron chi connectivity index (χ2n) is 6.25. The van der Waals surface area contributed by atoms with Crippen LogP contribution in [0.4, 0.5) is 5.69 Å². The van der Waals surface area contributed by atoms with Crippen LogP contribution >= 0.6 is 11.8 Å². The van der Waals surface area contributed by atoms with Crippen molar-refractivity contribution in [2.75, 3.05) is 12.4 Å². The fourth-order valence-electron chi connectivity index (χ4n) is 2.70. The van der Waals surface area contributed by atoms with Gasteiger partial charge in [-0.2, -0.15) is 0 Å². The standard InChI is InChI=1S/C20H22N4O2S/c1-13-8-9-18(14(2)10-13)24-12-21-23-20(24)27-15(3)19(25)22-16-6-5-7-17(11-16)26-4/h5-12,15H,1-4H3,(H,22,25). The normalized spacial score (nSPS) is 11.9. The van der Waals surface area contributed by atoms with Gasteiger partial charge in [0.25, 0.3) is 0 Å². The van der Waals surface area contributed by atoms with Gasteiger partial charge in [-0.1, -0.05) is 35.5 Å². The molecule has 3 aromatic rings. The molecule has 0 aliphatic carbocycles. The molecule has 0 aliphatic heterocycles. The summed E-state index contributed by atoms with van der Waals surface area (Å²) in [6.45, 7) is 5.96. The number of carbonyl (C=O) groups is 1. The smallest absolute Gasteiger partial charge is 0.237 e. The summed E-state index contributed by atoms with van der Waals surface area (Å²) >= 11 is 1.37. The van der Waals surface area contributed by atoms with Gasteiger partial charge in [-0.05, 0) is 44.5 Å². The number of aryl methyl sites for hydroxylation is 2. The number of nitrogens with zero attached hydrogens (tertiary/aromatic N) is 3. The maximum Gasteiger partial charge on any atom is 0.237 e. The fourth-order valence-corrected chi connectivity index (χ4v) is 3.54. The number of nitrogens with one attached hydrogen (secondary N) is 1. The van der Waals surface area contributed by atoms with Crippen LogP contribution in [0.25, 0.3) is 5.69 Å². The van der Waals surface area contributed by atoms with Crippen molar-refractivity contribution < 1.29 is 9.53 Å². The Labute approximate surface area is 163 Å². The zero-order valence-electron chi connectivity index (χ0n) is 15.8. The van der Waals surface area contributed by atoms with Crippen LogP contribution in [0.2, 0.25) is 0 Å². The van der Waals surface area contributed by atoms with Gasteiger partial charge in [-0.25, -0.2) is 0 Å². The molecule has 0 saturated heterocycles. The third kappa shape index (κ3) is 4.49. The first-order valence-corrected chi connectivity index (χ1v) is 9.45. The lowest BCUT2D eigenvalue weighted by Gasteiger charge is -2.14. The number of aromatic nitrogens is 3. The zero-order chi connectivity index (χ0) is 19.4. The van der Waals surface area contributed by atoms with Gasteiger partial charge in [0.05, 0.1) is 18.0 Å². The molecule has 6 nitrogen and oxygen atoms in total. The molecule has 0 aliphatic rings. The number of thioether (sulfide) groups is 1. The summed E-state index contributed by atoms with van der Waals surface area (Å²) in [6.07, 6.45) is 1.67. The minimum Gasteiger partial charge on any atom is -0.497 e. The number of hydrogen-bond donors (Lipinski definition) is 1. The Hall–Kier alpha value is -2.80. The van der Waals surface area contributed by atoms with Crippen LogP contribution in [0.1, 0.15) is 18.1 Å². The van der Waals surface area contributed by atoms with Crippen molar-refractivity contribution in [3.8, 4) is 11.4 Å². The van der Waals surface area contributed by atoms with E-state index in [9.17, 15) is 4.79 Å². The minimum atomic E-state index is -0.343. The van der Waals surface area contributed by atoms with Crippen LogP contribution in [-0.4, -0.2) is 33.0 Å². The molecule has 27 heavy (non-hydrogen) atoms. The largest absolute Gasteiger partial charge is 0.497 e. The molecule has 140 valence electrons. The van der Waals surface area contributed by atoms with Crippen LogP contribution in [-0.2, 0) is 4.79 Å². The highest BCUT2D eigenvalue weighted by atomic mass is 32.2. The van der Waals surface area contributed by atoms with Crippen molar-refractivity contribution in [3.05, 3.63) is 59.9 Å². The third-order valence-electron chi connectivity index (χ3n) is 4.12. The van der Waals surface area contributed by atoms with Gasteiger partial charge in [0.15, 0.2) is 5.16 Å². The van der Waals surface area contributed by atoms with Crippen molar-refractivity contribution in [3.63, 3.8) is 0 Å². The number of hydrogen-bond acceptors (Lipinski definition) is 5. The van der Waals surface area contributed by atoms with E-state index in [4.69, 9.17) is 4.74 Å². The van der Waals surface area contributed by atoms with E-state index < -0.39 is 0 Å². The number of rotatable bonds is 6. The van der Waals surface area contributed by atoms with Gasteiger partial charge < -0.3 is 10.1 Å². The van der Waals surface area contributed by atoms with Gasteiger partial charge in [0.1, 0.15) is 12.1 Å². The van der Waals surface area contributed by atoms with E-state index in [1.165, 1.54) is 17.3 Å². The summed E-state index contributed by atoms with van der Waals surface area (Å²) in [5.41, 5.74) is 4.03. The van der Waals surface area contributed by atoms with E-state index in [1.54, 1.807) is 19.5 Å². The van der Waals surface area contributed by atoms with Gasteiger partial charge in [0.2, 0.25) is 5.91 Å². The molecular weight excluding hydrogens is 360 g/mol. The average Bonchev–Trinajstić information content (AvgIpc) is 3.09. The van der Waals surface area contributed by atoms with Crippen molar-refractivity contribution in [2.24, 2.45) is 0 Å². The summed E-state index contributed by atoms with van der Waals surface area (Å²) in [4.78, 5) is 12.6. The molecule has 0 radical (unpaired) electrons. The molecule has 1 heterocycles. The number of ether oxygens (including phenoxy) is 1. The predicted molar refractivity (Wildman–Crippen MR) is 108 cm³/mol. The fraction of sp³-hybridized carbons (Fsp3) is 0.250. The Morgan fingerprint density at radius 2 is 2.04 bits per heavy atom. The van der Waals surface area contributed by atoms with Gasteiger partial charge in [-0.3, -0.25) is 9.36 Å². The number of anilines is 1. The van der Waals surface area contributed by atoms with Gasteiger partial charge in [-0.15, -0.1) is 10.2 Å². The molecule has 1 N–H and O–H groups in total. The number of amides is 1. The number of carbonyl (C=O) groups excluding carboxylic acids is 1. The molecule has 2 aromatic carbocycles. The maximum atomic E-state index is 12.6.